The Morgan fingerprint density at radius 1 is 1.40 bits per heavy atom. The molecule has 0 spiro atoms. The maximum Gasteiger partial charge on any atom is 0.0163 e. The third-order valence-electron chi connectivity index (χ3n) is 1.77. The van der Waals surface area contributed by atoms with Gasteiger partial charge in [-0.25, -0.2) is 0 Å². The minimum Gasteiger partial charge on any atom is -0.299 e. The lowest BCUT2D eigenvalue weighted by molar-refractivity contribution is 0.265. The van der Waals surface area contributed by atoms with Gasteiger partial charge in [-0.2, -0.15) is 0 Å². The van der Waals surface area contributed by atoms with Crippen LogP contribution in [-0.2, 0) is 0 Å². The van der Waals surface area contributed by atoms with Crippen LogP contribution in [0.4, 0.5) is 0 Å². The standard InChI is InChI=1S/C9H17N/c1-9(2)8-10-6-4-3-5-7-10/h3-4,9H,5-8H2,1-2H3. The number of hydrogen-bond donors (Lipinski definition) is 0. The molecule has 0 radical (unpaired) electrons. The minimum absolute atomic E-state index is 0.812. The molecule has 0 N–H and O–H groups in total. The summed E-state index contributed by atoms with van der Waals surface area (Å²) in [6.07, 6.45) is 5.79. The molecule has 0 aromatic rings. The topological polar surface area (TPSA) is 3.24 Å². The van der Waals surface area contributed by atoms with E-state index in [0.29, 0.717) is 0 Å². The zero-order valence-corrected chi connectivity index (χ0v) is 7.01. The molecule has 58 valence electrons. The molecule has 0 aliphatic carbocycles. The molecule has 1 heteroatoms. The fourth-order valence-electron chi connectivity index (χ4n) is 1.37. The molecule has 1 aliphatic rings. The average molecular weight is 139 g/mol. The van der Waals surface area contributed by atoms with Crippen molar-refractivity contribution in [1.82, 2.24) is 4.90 Å². The molecule has 0 unspecified atom stereocenters. The second-order valence-electron chi connectivity index (χ2n) is 3.41. The fourth-order valence-corrected chi connectivity index (χ4v) is 1.37. The van der Waals surface area contributed by atoms with E-state index in [1.165, 1.54) is 19.5 Å². The third kappa shape index (κ3) is 2.53. The van der Waals surface area contributed by atoms with Crippen LogP contribution in [0.3, 0.4) is 0 Å². The maximum atomic E-state index is 2.50. The molecule has 1 heterocycles. The van der Waals surface area contributed by atoms with Crippen LogP contribution in [-0.4, -0.2) is 24.5 Å². The van der Waals surface area contributed by atoms with Crippen LogP contribution in [0.1, 0.15) is 20.3 Å². The Labute approximate surface area is 63.7 Å². The van der Waals surface area contributed by atoms with E-state index in [1.807, 2.05) is 0 Å². The first-order valence-electron chi connectivity index (χ1n) is 4.16. The summed E-state index contributed by atoms with van der Waals surface area (Å²) in [6.45, 7) is 8.23. The van der Waals surface area contributed by atoms with E-state index in [1.54, 1.807) is 0 Å². The Balaban J connectivity index is 2.22. The number of nitrogens with zero attached hydrogens (tertiary/aromatic N) is 1. The summed E-state index contributed by atoms with van der Waals surface area (Å²) in [5, 5.41) is 0. The zero-order valence-electron chi connectivity index (χ0n) is 7.01. The lowest BCUT2D eigenvalue weighted by atomic mass is 10.2. The summed E-state index contributed by atoms with van der Waals surface area (Å²) in [6, 6.07) is 0. The van der Waals surface area contributed by atoms with E-state index >= 15 is 0 Å². The SMILES string of the molecule is CC(C)CN1CC=CCC1. The van der Waals surface area contributed by atoms with Gasteiger partial charge in [0.05, 0.1) is 0 Å². The van der Waals surface area contributed by atoms with Crippen molar-refractivity contribution in [2.75, 3.05) is 19.6 Å². The fraction of sp³-hybridized carbons (Fsp3) is 0.778. The van der Waals surface area contributed by atoms with E-state index in [2.05, 4.69) is 30.9 Å². The predicted molar refractivity (Wildman–Crippen MR) is 45.0 cm³/mol. The predicted octanol–water partition coefficient (Wildman–Crippen LogP) is 1.90. The van der Waals surface area contributed by atoms with Crippen LogP contribution in [0.2, 0.25) is 0 Å². The van der Waals surface area contributed by atoms with Gasteiger partial charge in [0.15, 0.2) is 0 Å². The largest absolute Gasteiger partial charge is 0.299 e. The minimum atomic E-state index is 0.812. The molecule has 0 saturated carbocycles. The van der Waals surface area contributed by atoms with Gasteiger partial charge in [0, 0.05) is 19.6 Å². The normalized spacial score (nSPS) is 20.3. The van der Waals surface area contributed by atoms with E-state index < -0.39 is 0 Å². The zero-order chi connectivity index (χ0) is 7.40. The molecule has 10 heavy (non-hydrogen) atoms. The lowest BCUT2D eigenvalue weighted by Gasteiger charge is -2.24. The van der Waals surface area contributed by atoms with Crippen LogP contribution >= 0.6 is 0 Å². The molecule has 1 nitrogen and oxygen atoms in total. The van der Waals surface area contributed by atoms with Crippen molar-refractivity contribution < 1.29 is 0 Å². The number of rotatable bonds is 2. The second-order valence-corrected chi connectivity index (χ2v) is 3.41. The van der Waals surface area contributed by atoms with Crippen LogP contribution in [0.15, 0.2) is 12.2 Å². The van der Waals surface area contributed by atoms with Crippen molar-refractivity contribution in [2.24, 2.45) is 5.92 Å². The van der Waals surface area contributed by atoms with Crippen molar-refractivity contribution in [1.29, 1.82) is 0 Å². The molecule has 1 aliphatic heterocycles. The van der Waals surface area contributed by atoms with Gasteiger partial charge in [0.2, 0.25) is 0 Å². The van der Waals surface area contributed by atoms with Gasteiger partial charge >= 0.3 is 0 Å². The van der Waals surface area contributed by atoms with Crippen molar-refractivity contribution in [3.8, 4) is 0 Å². The summed E-state index contributed by atoms with van der Waals surface area (Å²) < 4.78 is 0. The Kier molecular flexibility index (Phi) is 2.94. The molecular formula is C9H17N. The van der Waals surface area contributed by atoms with Crippen molar-refractivity contribution in [3.05, 3.63) is 12.2 Å². The van der Waals surface area contributed by atoms with Crippen LogP contribution in [0.5, 0.6) is 0 Å². The van der Waals surface area contributed by atoms with Crippen molar-refractivity contribution in [3.63, 3.8) is 0 Å². The summed E-state index contributed by atoms with van der Waals surface area (Å²) in [4.78, 5) is 2.50. The van der Waals surface area contributed by atoms with Crippen molar-refractivity contribution >= 4 is 0 Å². The molecule has 0 aromatic carbocycles. The van der Waals surface area contributed by atoms with Gasteiger partial charge in [-0.1, -0.05) is 26.0 Å². The Morgan fingerprint density at radius 3 is 2.70 bits per heavy atom. The smallest absolute Gasteiger partial charge is 0.0163 e. The Hall–Kier alpha value is -0.300. The summed E-state index contributed by atoms with van der Waals surface area (Å²) in [5.74, 6) is 0.812. The number of hydrogen-bond acceptors (Lipinski definition) is 1. The van der Waals surface area contributed by atoms with Gasteiger partial charge in [0.25, 0.3) is 0 Å². The first-order chi connectivity index (χ1) is 4.79. The van der Waals surface area contributed by atoms with E-state index in [4.69, 9.17) is 0 Å². The van der Waals surface area contributed by atoms with E-state index in [9.17, 15) is 0 Å². The molecule has 0 saturated heterocycles. The van der Waals surface area contributed by atoms with Gasteiger partial charge in [-0.3, -0.25) is 4.90 Å². The molecular weight excluding hydrogens is 122 g/mol. The first-order valence-corrected chi connectivity index (χ1v) is 4.16. The second kappa shape index (κ2) is 3.77. The molecule has 0 fully saturated rings. The average Bonchev–Trinajstić information content (AvgIpc) is 1.88. The summed E-state index contributed by atoms with van der Waals surface area (Å²) in [5.41, 5.74) is 0. The van der Waals surface area contributed by atoms with Gasteiger partial charge < -0.3 is 0 Å². The lowest BCUT2D eigenvalue weighted by Crippen LogP contribution is -2.30. The molecule has 0 aromatic heterocycles. The molecule has 0 bridgehead atoms. The van der Waals surface area contributed by atoms with Crippen LogP contribution in [0.25, 0.3) is 0 Å². The van der Waals surface area contributed by atoms with Crippen molar-refractivity contribution in [2.45, 2.75) is 20.3 Å². The summed E-state index contributed by atoms with van der Waals surface area (Å²) >= 11 is 0. The highest BCUT2D eigenvalue weighted by atomic mass is 15.1. The highest BCUT2D eigenvalue weighted by molar-refractivity contribution is 4.90. The monoisotopic (exact) mass is 139 g/mol. The first kappa shape index (κ1) is 7.80. The summed E-state index contributed by atoms with van der Waals surface area (Å²) in [7, 11) is 0. The molecule has 0 atom stereocenters. The molecule has 0 amide bonds. The van der Waals surface area contributed by atoms with E-state index in [0.717, 1.165) is 12.5 Å². The quantitative estimate of drug-likeness (QED) is 0.528. The highest BCUT2D eigenvalue weighted by Crippen LogP contribution is 2.04. The van der Waals surface area contributed by atoms with Crippen LogP contribution < -0.4 is 0 Å². The van der Waals surface area contributed by atoms with Gasteiger partial charge in [-0.15, -0.1) is 0 Å². The Bertz CT molecular complexity index is 116. The third-order valence-corrected chi connectivity index (χ3v) is 1.77. The van der Waals surface area contributed by atoms with Crippen LogP contribution in [0, 0.1) is 5.92 Å². The molecule has 1 rings (SSSR count). The maximum absolute atomic E-state index is 2.50. The van der Waals surface area contributed by atoms with Gasteiger partial charge in [0.1, 0.15) is 0 Å². The van der Waals surface area contributed by atoms with Gasteiger partial charge in [-0.05, 0) is 12.3 Å². The van der Waals surface area contributed by atoms with E-state index in [-0.39, 0.29) is 0 Å². The Morgan fingerprint density at radius 2 is 2.20 bits per heavy atom. The highest BCUT2D eigenvalue weighted by Gasteiger charge is 2.06.